The molecule has 1 aromatic carbocycles. The molecule has 0 aromatic heterocycles. The number of benzene rings is 1. The maximum atomic E-state index is 13.1. The van der Waals surface area contributed by atoms with Crippen LogP contribution in [0.1, 0.15) is 73.2 Å². The van der Waals surface area contributed by atoms with Gasteiger partial charge in [0.25, 0.3) is 5.91 Å². The number of halogens is 3. The molecule has 0 radical (unpaired) electrons. The predicted molar refractivity (Wildman–Crippen MR) is 109 cm³/mol. The van der Waals surface area contributed by atoms with E-state index in [1.807, 2.05) is 23.1 Å². The van der Waals surface area contributed by atoms with E-state index in [2.05, 4.69) is 5.32 Å². The van der Waals surface area contributed by atoms with Crippen molar-refractivity contribution in [3.05, 3.63) is 29.3 Å². The summed E-state index contributed by atoms with van der Waals surface area (Å²) in [7, 11) is 0. The number of piperazine rings is 1. The second-order valence-corrected chi connectivity index (χ2v) is 8.91. The van der Waals surface area contributed by atoms with E-state index in [0.717, 1.165) is 50.1 Å². The van der Waals surface area contributed by atoms with E-state index in [0.29, 0.717) is 31.5 Å². The molecule has 166 valence electrons. The van der Waals surface area contributed by atoms with Gasteiger partial charge in [-0.05, 0) is 81.0 Å². The first-order valence-electron chi connectivity index (χ1n) is 11.3. The third-order valence-electron chi connectivity index (χ3n) is 6.89. The first-order chi connectivity index (χ1) is 14.4. The highest BCUT2D eigenvalue weighted by Crippen LogP contribution is 2.45. The van der Waals surface area contributed by atoms with Crippen molar-refractivity contribution < 1.29 is 22.7 Å². The summed E-state index contributed by atoms with van der Waals surface area (Å²) in [4.78, 5) is 14.8. The number of carbonyl (C=O) groups is 1. The summed E-state index contributed by atoms with van der Waals surface area (Å²) in [6, 6.07) is 5.59. The van der Waals surface area contributed by atoms with Crippen LogP contribution in [0.3, 0.4) is 0 Å². The number of nitrogens with zero attached hydrogens (tertiary/aromatic N) is 1. The summed E-state index contributed by atoms with van der Waals surface area (Å²) in [5.41, 5.74) is 1.53. The molecule has 3 fully saturated rings. The molecular weight excluding hydrogens is 393 g/mol. The van der Waals surface area contributed by atoms with Crippen LogP contribution in [0.2, 0.25) is 0 Å². The zero-order chi connectivity index (χ0) is 21.1. The van der Waals surface area contributed by atoms with Gasteiger partial charge in [0.15, 0.2) is 0 Å². The smallest absolute Gasteiger partial charge is 0.391 e. The second kappa shape index (κ2) is 9.16. The van der Waals surface area contributed by atoms with E-state index in [4.69, 9.17) is 4.74 Å². The van der Waals surface area contributed by atoms with Crippen molar-refractivity contribution >= 4 is 5.91 Å². The molecule has 0 spiro atoms. The van der Waals surface area contributed by atoms with Crippen molar-refractivity contribution in [3.8, 4) is 5.75 Å². The predicted octanol–water partition coefficient (Wildman–Crippen LogP) is 4.89. The highest BCUT2D eigenvalue weighted by molar-refractivity contribution is 5.94. The summed E-state index contributed by atoms with van der Waals surface area (Å²) >= 11 is 0. The van der Waals surface area contributed by atoms with E-state index in [1.54, 1.807) is 0 Å². The topological polar surface area (TPSA) is 41.6 Å². The molecule has 1 aliphatic heterocycles. The number of carbonyl (C=O) groups excluding carboxylic acids is 1. The number of amides is 1. The van der Waals surface area contributed by atoms with E-state index in [-0.39, 0.29) is 30.8 Å². The minimum absolute atomic E-state index is 0.00542. The molecule has 2 saturated carbocycles. The number of rotatable bonds is 4. The van der Waals surface area contributed by atoms with Gasteiger partial charge in [0.1, 0.15) is 5.75 Å². The Hall–Kier alpha value is -1.76. The molecule has 0 unspecified atom stereocenters. The summed E-state index contributed by atoms with van der Waals surface area (Å²) in [6.45, 7) is 2.90. The van der Waals surface area contributed by atoms with E-state index >= 15 is 0 Å². The van der Waals surface area contributed by atoms with Gasteiger partial charge in [-0.1, -0.05) is 0 Å². The minimum atomic E-state index is -4.12. The Morgan fingerprint density at radius 2 is 1.67 bits per heavy atom. The number of alkyl halides is 3. The largest absolute Gasteiger partial charge is 0.490 e. The molecule has 7 heteroatoms. The molecule has 4 rings (SSSR count). The normalized spacial score (nSPS) is 26.0. The summed E-state index contributed by atoms with van der Waals surface area (Å²) in [5, 5.41) is 3.24. The molecule has 0 bridgehead atoms. The quantitative estimate of drug-likeness (QED) is 0.748. The molecule has 3 aliphatic rings. The molecule has 4 nitrogen and oxygen atoms in total. The standard InChI is InChI=1S/C23H31F3N2O2/c24-23(25,26)18-8-5-16(6-9-18)20-15-17(22(29)28-13-11-27-12-14-28)7-10-21(20)30-19-3-1-2-4-19/h7,10,15-16,18-19,27H,1-6,8-9,11-14H2. The lowest BCUT2D eigenvalue weighted by Crippen LogP contribution is -2.46. The molecule has 30 heavy (non-hydrogen) atoms. The van der Waals surface area contributed by atoms with Crippen molar-refractivity contribution in [2.75, 3.05) is 26.2 Å². The van der Waals surface area contributed by atoms with Crippen LogP contribution in [0.15, 0.2) is 18.2 Å². The van der Waals surface area contributed by atoms with Crippen LogP contribution >= 0.6 is 0 Å². The monoisotopic (exact) mass is 424 g/mol. The maximum absolute atomic E-state index is 13.1. The lowest BCUT2D eigenvalue weighted by Gasteiger charge is -2.32. The van der Waals surface area contributed by atoms with E-state index < -0.39 is 12.1 Å². The van der Waals surface area contributed by atoms with Gasteiger partial charge in [-0.2, -0.15) is 13.2 Å². The highest BCUT2D eigenvalue weighted by Gasteiger charge is 2.42. The maximum Gasteiger partial charge on any atom is 0.391 e. The number of hydrogen-bond donors (Lipinski definition) is 1. The van der Waals surface area contributed by atoms with Gasteiger partial charge in [-0.15, -0.1) is 0 Å². The summed E-state index contributed by atoms with van der Waals surface area (Å²) in [5.74, 6) is -0.447. The molecule has 1 heterocycles. The average molecular weight is 425 g/mol. The van der Waals surface area contributed by atoms with Crippen molar-refractivity contribution in [2.24, 2.45) is 5.92 Å². The molecule has 1 aromatic rings. The Bertz CT molecular complexity index is 732. The Labute approximate surface area is 176 Å². The van der Waals surface area contributed by atoms with Gasteiger partial charge >= 0.3 is 6.18 Å². The summed E-state index contributed by atoms with van der Waals surface area (Å²) < 4.78 is 45.6. The van der Waals surface area contributed by atoms with E-state index in [9.17, 15) is 18.0 Å². The third kappa shape index (κ3) is 4.93. The van der Waals surface area contributed by atoms with Crippen LogP contribution in [-0.2, 0) is 0 Å². The molecule has 2 aliphatic carbocycles. The van der Waals surface area contributed by atoms with E-state index in [1.165, 1.54) is 0 Å². The molecule has 1 saturated heterocycles. The Morgan fingerprint density at radius 1 is 1.00 bits per heavy atom. The van der Waals surface area contributed by atoms with Crippen molar-refractivity contribution in [3.63, 3.8) is 0 Å². The van der Waals surface area contributed by atoms with Crippen molar-refractivity contribution in [1.29, 1.82) is 0 Å². The number of hydrogen-bond acceptors (Lipinski definition) is 3. The van der Waals surface area contributed by atoms with Gasteiger partial charge in [-0.3, -0.25) is 4.79 Å². The van der Waals surface area contributed by atoms with Gasteiger partial charge in [0, 0.05) is 31.7 Å². The number of nitrogens with one attached hydrogen (secondary N) is 1. The molecule has 0 atom stereocenters. The molecule has 1 N–H and O–H groups in total. The van der Waals surface area contributed by atoms with Crippen LogP contribution in [0.4, 0.5) is 13.2 Å². The highest BCUT2D eigenvalue weighted by atomic mass is 19.4. The Balaban J connectivity index is 1.55. The van der Waals surface area contributed by atoms with Gasteiger partial charge < -0.3 is 15.0 Å². The lowest BCUT2D eigenvalue weighted by atomic mass is 9.78. The second-order valence-electron chi connectivity index (χ2n) is 8.91. The first-order valence-corrected chi connectivity index (χ1v) is 11.3. The van der Waals surface area contributed by atoms with Crippen LogP contribution in [-0.4, -0.2) is 49.3 Å². The Morgan fingerprint density at radius 3 is 2.30 bits per heavy atom. The fraction of sp³-hybridized carbons (Fsp3) is 0.696. The van der Waals surface area contributed by atoms with Crippen LogP contribution < -0.4 is 10.1 Å². The van der Waals surface area contributed by atoms with Crippen LogP contribution in [0.25, 0.3) is 0 Å². The number of ether oxygens (including phenoxy) is 1. The zero-order valence-electron chi connectivity index (χ0n) is 17.3. The fourth-order valence-corrected chi connectivity index (χ4v) is 5.08. The first kappa shape index (κ1) is 21.5. The fourth-order valence-electron chi connectivity index (χ4n) is 5.08. The minimum Gasteiger partial charge on any atom is -0.490 e. The van der Waals surface area contributed by atoms with Crippen LogP contribution in [0.5, 0.6) is 5.75 Å². The zero-order valence-corrected chi connectivity index (χ0v) is 17.3. The van der Waals surface area contributed by atoms with Gasteiger partial charge in [0.05, 0.1) is 12.0 Å². The third-order valence-corrected chi connectivity index (χ3v) is 6.89. The van der Waals surface area contributed by atoms with Crippen molar-refractivity contribution in [2.45, 2.75) is 69.6 Å². The Kier molecular flexibility index (Phi) is 6.56. The molecule has 1 amide bonds. The average Bonchev–Trinajstić information content (AvgIpc) is 3.27. The van der Waals surface area contributed by atoms with Gasteiger partial charge in [0.2, 0.25) is 0 Å². The summed E-state index contributed by atoms with van der Waals surface area (Å²) in [6.07, 6.45) is 1.64. The SMILES string of the molecule is O=C(c1ccc(OC2CCCC2)c(C2CCC(C(F)(F)F)CC2)c1)N1CCNCC1. The molecular formula is C23H31F3N2O2. The lowest BCUT2D eigenvalue weighted by molar-refractivity contribution is -0.182. The van der Waals surface area contributed by atoms with Crippen molar-refractivity contribution in [1.82, 2.24) is 10.2 Å². The van der Waals surface area contributed by atoms with Crippen LogP contribution in [0, 0.1) is 5.92 Å². The van der Waals surface area contributed by atoms with Gasteiger partial charge in [-0.25, -0.2) is 0 Å².